The molecule has 0 saturated carbocycles. The van der Waals surface area contributed by atoms with E-state index >= 15 is 0 Å². The molecule has 3 heterocycles. The summed E-state index contributed by atoms with van der Waals surface area (Å²) in [6.07, 6.45) is 0. The molecule has 1 aromatic carbocycles. The number of anilines is 1. The summed E-state index contributed by atoms with van der Waals surface area (Å²) >= 11 is 1.20. The molecule has 0 saturated heterocycles. The molecule has 0 unspecified atom stereocenters. The van der Waals surface area contributed by atoms with Gasteiger partial charge in [0, 0.05) is 17.6 Å². The van der Waals surface area contributed by atoms with E-state index in [0.29, 0.717) is 11.3 Å². The number of carbonyl (C=O) groups is 2. The molecule has 0 radical (unpaired) electrons. The van der Waals surface area contributed by atoms with Gasteiger partial charge in [-0.25, -0.2) is 14.6 Å². The first kappa shape index (κ1) is 23.1. The summed E-state index contributed by atoms with van der Waals surface area (Å²) in [7, 11) is 2.76. The number of aromatic nitrogens is 3. The van der Waals surface area contributed by atoms with E-state index in [1.807, 2.05) is 30.3 Å². The predicted molar refractivity (Wildman–Crippen MR) is 130 cm³/mol. The molecule has 0 fully saturated rings. The number of benzene rings is 1. The van der Waals surface area contributed by atoms with Crippen LogP contribution in [0.4, 0.5) is 5.00 Å². The minimum atomic E-state index is -0.658. The van der Waals surface area contributed by atoms with Crippen molar-refractivity contribution in [1.82, 2.24) is 14.1 Å². The first-order valence-electron chi connectivity index (χ1n) is 10.4. The van der Waals surface area contributed by atoms with Crippen LogP contribution < -0.4 is 16.6 Å². The summed E-state index contributed by atoms with van der Waals surface area (Å²) in [4.78, 5) is 56.2. The van der Waals surface area contributed by atoms with Crippen LogP contribution in [0.2, 0.25) is 0 Å². The van der Waals surface area contributed by atoms with Crippen LogP contribution in [-0.4, -0.2) is 33.1 Å². The first-order chi connectivity index (χ1) is 16.2. The standard InChI is InChI=1S/C24H22N4O5S/c1-13-10-14(2)25-20-19(13)22(30)28(24(32)27(20)3)12-18(29)26-21-16(23(31)33-4)11-17(34-21)15-8-6-5-7-9-15/h5-11H,12H2,1-4H3,(H,26,29). The topological polar surface area (TPSA) is 112 Å². The number of nitrogens with one attached hydrogen (secondary N) is 1. The quantitative estimate of drug-likeness (QED) is 0.442. The van der Waals surface area contributed by atoms with Crippen molar-refractivity contribution in [2.24, 2.45) is 7.05 Å². The number of methoxy groups -OCH3 is 1. The number of hydrogen-bond acceptors (Lipinski definition) is 7. The molecular formula is C24H22N4O5S. The molecule has 0 aliphatic heterocycles. The highest BCUT2D eigenvalue weighted by Crippen LogP contribution is 2.35. The van der Waals surface area contributed by atoms with E-state index in [4.69, 9.17) is 4.74 Å². The monoisotopic (exact) mass is 478 g/mol. The van der Waals surface area contributed by atoms with Crippen molar-refractivity contribution in [3.05, 3.63) is 80.1 Å². The third-order valence-corrected chi connectivity index (χ3v) is 6.47. The number of esters is 1. The highest BCUT2D eigenvalue weighted by Gasteiger charge is 2.21. The van der Waals surface area contributed by atoms with E-state index in [1.165, 1.54) is 30.1 Å². The average molecular weight is 479 g/mol. The summed E-state index contributed by atoms with van der Waals surface area (Å²) in [6.45, 7) is 3.01. The van der Waals surface area contributed by atoms with Crippen LogP contribution in [0.5, 0.6) is 0 Å². The van der Waals surface area contributed by atoms with Crippen LogP contribution in [0.25, 0.3) is 21.5 Å². The minimum Gasteiger partial charge on any atom is -0.465 e. The number of pyridine rings is 1. The number of nitrogens with zero attached hydrogens (tertiary/aromatic N) is 3. The zero-order valence-corrected chi connectivity index (χ0v) is 19.9. The van der Waals surface area contributed by atoms with Gasteiger partial charge in [-0.1, -0.05) is 30.3 Å². The van der Waals surface area contributed by atoms with Gasteiger partial charge in [-0.05, 0) is 37.1 Å². The van der Waals surface area contributed by atoms with E-state index < -0.39 is 29.7 Å². The van der Waals surface area contributed by atoms with E-state index in [2.05, 4.69) is 10.3 Å². The fraction of sp³-hybridized carbons (Fsp3) is 0.208. The molecular weight excluding hydrogens is 456 g/mol. The number of hydrogen-bond donors (Lipinski definition) is 1. The molecule has 0 atom stereocenters. The summed E-state index contributed by atoms with van der Waals surface area (Å²) in [6, 6.07) is 12.8. The summed E-state index contributed by atoms with van der Waals surface area (Å²) in [5.41, 5.74) is 1.41. The Morgan fingerprint density at radius 3 is 2.50 bits per heavy atom. The van der Waals surface area contributed by atoms with E-state index in [9.17, 15) is 19.2 Å². The maximum atomic E-state index is 13.1. The van der Waals surface area contributed by atoms with Crippen molar-refractivity contribution < 1.29 is 14.3 Å². The SMILES string of the molecule is COC(=O)c1cc(-c2ccccc2)sc1NC(=O)Cn1c(=O)c2c(C)cc(C)nc2n(C)c1=O. The van der Waals surface area contributed by atoms with Gasteiger partial charge < -0.3 is 10.1 Å². The van der Waals surface area contributed by atoms with Gasteiger partial charge in [0.25, 0.3) is 5.56 Å². The van der Waals surface area contributed by atoms with E-state index in [-0.39, 0.29) is 21.6 Å². The molecule has 4 rings (SSSR count). The molecule has 9 nitrogen and oxygen atoms in total. The van der Waals surface area contributed by atoms with Crippen molar-refractivity contribution in [2.75, 3.05) is 12.4 Å². The fourth-order valence-electron chi connectivity index (χ4n) is 3.76. The lowest BCUT2D eigenvalue weighted by molar-refractivity contribution is -0.116. The zero-order valence-electron chi connectivity index (χ0n) is 19.0. The third-order valence-electron chi connectivity index (χ3n) is 5.37. The Kier molecular flexibility index (Phi) is 6.16. The van der Waals surface area contributed by atoms with Crippen molar-refractivity contribution >= 4 is 39.2 Å². The second-order valence-corrected chi connectivity index (χ2v) is 8.82. The summed E-state index contributed by atoms with van der Waals surface area (Å²) in [5, 5.41) is 3.21. The van der Waals surface area contributed by atoms with Gasteiger partial charge in [-0.15, -0.1) is 11.3 Å². The normalized spacial score (nSPS) is 10.9. The molecule has 4 aromatic rings. The molecule has 3 aromatic heterocycles. The lowest BCUT2D eigenvalue weighted by atomic mass is 10.1. The number of fused-ring (bicyclic) bond motifs is 1. The smallest absolute Gasteiger partial charge is 0.340 e. The predicted octanol–water partition coefficient (Wildman–Crippen LogP) is 2.87. The van der Waals surface area contributed by atoms with Gasteiger partial charge in [-0.2, -0.15) is 0 Å². The maximum Gasteiger partial charge on any atom is 0.340 e. The Hall–Kier alpha value is -4.05. The van der Waals surface area contributed by atoms with Crippen molar-refractivity contribution in [2.45, 2.75) is 20.4 Å². The van der Waals surface area contributed by atoms with Crippen LogP contribution in [0.3, 0.4) is 0 Å². The third kappa shape index (κ3) is 4.15. The number of thiophene rings is 1. The van der Waals surface area contributed by atoms with Crippen LogP contribution in [0.15, 0.2) is 52.1 Å². The highest BCUT2D eigenvalue weighted by atomic mass is 32.1. The number of carbonyl (C=O) groups excluding carboxylic acids is 2. The number of aryl methyl sites for hydroxylation is 3. The fourth-order valence-corrected chi connectivity index (χ4v) is 4.82. The van der Waals surface area contributed by atoms with Crippen LogP contribution in [0, 0.1) is 13.8 Å². The second-order valence-electron chi connectivity index (χ2n) is 7.77. The molecule has 1 amide bonds. The molecule has 0 aliphatic carbocycles. The van der Waals surface area contributed by atoms with Gasteiger partial charge in [0.1, 0.15) is 17.2 Å². The number of rotatable bonds is 5. The van der Waals surface area contributed by atoms with Gasteiger partial charge >= 0.3 is 11.7 Å². The van der Waals surface area contributed by atoms with Crippen molar-refractivity contribution in [3.63, 3.8) is 0 Å². The Labute approximate surface area is 198 Å². The summed E-state index contributed by atoms with van der Waals surface area (Å²) < 4.78 is 6.97. The molecule has 0 bridgehead atoms. The molecule has 174 valence electrons. The van der Waals surface area contributed by atoms with Gasteiger partial charge in [0.05, 0.1) is 18.1 Å². The molecule has 0 spiro atoms. The van der Waals surface area contributed by atoms with Gasteiger partial charge in [0.2, 0.25) is 5.91 Å². The second kappa shape index (κ2) is 9.06. The van der Waals surface area contributed by atoms with Crippen LogP contribution in [-0.2, 0) is 23.1 Å². The van der Waals surface area contributed by atoms with Crippen LogP contribution in [0.1, 0.15) is 21.6 Å². The van der Waals surface area contributed by atoms with E-state index in [1.54, 1.807) is 26.0 Å². The summed E-state index contributed by atoms with van der Waals surface area (Å²) in [5.74, 6) is -1.23. The van der Waals surface area contributed by atoms with E-state index in [0.717, 1.165) is 15.0 Å². The lowest BCUT2D eigenvalue weighted by Gasteiger charge is -2.12. The Bertz CT molecular complexity index is 1550. The largest absolute Gasteiger partial charge is 0.465 e. The zero-order chi connectivity index (χ0) is 24.6. The highest BCUT2D eigenvalue weighted by molar-refractivity contribution is 7.20. The number of amides is 1. The average Bonchev–Trinajstić information content (AvgIpc) is 3.23. The number of ether oxygens (including phenoxy) is 1. The van der Waals surface area contributed by atoms with Crippen molar-refractivity contribution in [3.8, 4) is 10.4 Å². The first-order valence-corrected chi connectivity index (χ1v) is 11.2. The molecule has 10 heteroatoms. The Balaban J connectivity index is 1.71. The maximum absolute atomic E-state index is 13.1. The Morgan fingerprint density at radius 1 is 1.12 bits per heavy atom. The van der Waals surface area contributed by atoms with Gasteiger partial charge in [-0.3, -0.25) is 18.7 Å². The Morgan fingerprint density at radius 2 is 1.82 bits per heavy atom. The molecule has 1 N–H and O–H groups in total. The van der Waals surface area contributed by atoms with Gasteiger partial charge in [0.15, 0.2) is 0 Å². The minimum absolute atomic E-state index is 0.189. The molecule has 0 aliphatic rings. The van der Waals surface area contributed by atoms with Crippen LogP contribution >= 0.6 is 11.3 Å². The molecule has 34 heavy (non-hydrogen) atoms. The lowest BCUT2D eigenvalue weighted by Crippen LogP contribution is -2.42. The van der Waals surface area contributed by atoms with Crippen molar-refractivity contribution in [1.29, 1.82) is 0 Å².